The van der Waals surface area contributed by atoms with Crippen LogP contribution in [0.5, 0.6) is 0 Å². The smallest absolute Gasteiger partial charge is 0.185 e. The molecule has 31 heavy (non-hydrogen) atoms. The molecule has 1 aliphatic rings. The zero-order valence-electron chi connectivity index (χ0n) is 18.8. The highest BCUT2D eigenvalue weighted by Crippen LogP contribution is 2.38. The van der Waals surface area contributed by atoms with E-state index >= 15 is 0 Å². The molecule has 0 bridgehead atoms. The Kier molecular flexibility index (Phi) is 7.02. The summed E-state index contributed by atoms with van der Waals surface area (Å²) in [6.07, 6.45) is 12.4. The average molecular weight is 411 g/mol. The molecular formula is C30H34O. The van der Waals surface area contributed by atoms with Gasteiger partial charge >= 0.3 is 0 Å². The summed E-state index contributed by atoms with van der Waals surface area (Å²) in [6, 6.07) is 21.6. The Morgan fingerprint density at radius 2 is 1.55 bits per heavy atom. The highest BCUT2D eigenvalue weighted by Gasteiger charge is 2.22. The topological polar surface area (TPSA) is 17.1 Å². The lowest BCUT2D eigenvalue weighted by Crippen LogP contribution is -2.13. The van der Waals surface area contributed by atoms with E-state index in [0.717, 1.165) is 22.6 Å². The van der Waals surface area contributed by atoms with Crippen molar-refractivity contribution in [2.75, 3.05) is 0 Å². The van der Waals surface area contributed by atoms with E-state index in [4.69, 9.17) is 0 Å². The van der Waals surface area contributed by atoms with E-state index in [2.05, 4.69) is 56.0 Å². The van der Waals surface area contributed by atoms with Crippen molar-refractivity contribution in [2.24, 2.45) is 5.92 Å². The summed E-state index contributed by atoms with van der Waals surface area (Å²) in [5, 5.41) is 2.24. The fourth-order valence-electron chi connectivity index (χ4n) is 5.11. The van der Waals surface area contributed by atoms with Gasteiger partial charge in [0.25, 0.3) is 0 Å². The molecular weight excluding hydrogens is 376 g/mol. The number of rotatable bonds is 8. The number of fused-ring (bicyclic) bond motifs is 1. The first-order chi connectivity index (χ1) is 15.2. The Morgan fingerprint density at radius 1 is 0.871 bits per heavy atom. The summed E-state index contributed by atoms with van der Waals surface area (Å²) in [7, 11) is 0. The van der Waals surface area contributed by atoms with Gasteiger partial charge in [0.1, 0.15) is 0 Å². The Hall–Kier alpha value is -2.67. The number of carbonyl (C=O) groups is 1. The molecule has 1 saturated carbocycles. The normalized spacial score (nSPS) is 18.7. The number of hydrogen-bond acceptors (Lipinski definition) is 1. The van der Waals surface area contributed by atoms with E-state index in [9.17, 15) is 4.79 Å². The minimum absolute atomic E-state index is 0.0310. The van der Waals surface area contributed by atoms with Gasteiger partial charge in [0.15, 0.2) is 5.78 Å². The largest absolute Gasteiger partial charge is 0.289 e. The Morgan fingerprint density at radius 3 is 2.26 bits per heavy atom. The van der Waals surface area contributed by atoms with Crippen LogP contribution in [0.25, 0.3) is 21.9 Å². The van der Waals surface area contributed by atoms with Gasteiger partial charge in [-0.15, -0.1) is 0 Å². The monoisotopic (exact) mass is 410 g/mol. The summed E-state index contributed by atoms with van der Waals surface area (Å²) in [5.74, 6) is 1.66. The van der Waals surface area contributed by atoms with Crippen molar-refractivity contribution in [2.45, 2.75) is 64.2 Å². The number of unbranched alkanes of at least 4 members (excludes halogenated alkanes) is 2. The zero-order valence-corrected chi connectivity index (χ0v) is 18.8. The Bertz CT molecular complexity index is 1040. The fourth-order valence-corrected chi connectivity index (χ4v) is 5.11. The third-order valence-corrected chi connectivity index (χ3v) is 7.09. The van der Waals surface area contributed by atoms with Crippen LogP contribution < -0.4 is 0 Å². The van der Waals surface area contributed by atoms with Gasteiger partial charge in [-0.3, -0.25) is 4.79 Å². The molecule has 0 spiro atoms. The van der Waals surface area contributed by atoms with Crippen molar-refractivity contribution in [3.05, 3.63) is 84.4 Å². The van der Waals surface area contributed by atoms with Crippen molar-refractivity contribution >= 4 is 16.6 Å². The minimum atomic E-state index is -0.0310. The number of hydrogen-bond donors (Lipinski definition) is 0. The van der Waals surface area contributed by atoms with Crippen LogP contribution in [0, 0.1) is 5.92 Å². The molecule has 0 radical (unpaired) electrons. The van der Waals surface area contributed by atoms with Crippen LogP contribution in [0.1, 0.15) is 80.1 Å². The molecule has 1 fully saturated rings. The number of allylic oxidation sites excluding steroid dienone is 1. The molecule has 0 saturated heterocycles. The van der Waals surface area contributed by atoms with Crippen molar-refractivity contribution in [3.8, 4) is 11.1 Å². The number of ketones is 1. The lowest BCUT2D eigenvalue weighted by molar-refractivity contribution is 0.104. The van der Waals surface area contributed by atoms with Gasteiger partial charge < -0.3 is 0 Å². The van der Waals surface area contributed by atoms with E-state index in [-0.39, 0.29) is 5.78 Å². The van der Waals surface area contributed by atoms with E-state index in [1.807, 2.05) is 18.2 Å². The first kappa shape index (κ1) is 21.6. The molecule has 1 aliphatic carbocycles. The predicted molar refractivity (Wildman–Crippen MR) is 133 cm³/mol. The summed E-state index contributed by atoms with van der Waals surface area (Å²) >= 11 is 0. The molecule has 0 aliphatic heterocycles. The van der Waals surface area contributed by atoms with Crippen LogP contribution in [-0.4, -0.2) is 5.78 Å². The molecule has 4 rings (SSSR count). The summed E-state index contributed by atoms with van der Waals surface area (Å²) in [4.78, 5) is 11.9. The second kappa shape index (κ2) is 10.1. The third kappa shape index (κ3) is 5.15. The number of benzene rings is 3. The molecule has 160 valence electrons. The Labute approximate surface area is 187 Å². The van der Waals surface area contributed by atoms with Crippen LogP contribution >= 0.6 is 0 Å². The number of carbonyl (C=O) groups excluding carboxylic acids is 1. The molecule has 3 aromatic carbocycles. The van der Waals surface area contributed by atoms with Gasteiger partial charge in [-0.1, -0.05) is 87.7 Å². The Balaban J connectivity index is 1.43. The maximum Gasteiger partial charge on any atom is 0.185 e. The standard InChI is InChI=1S/C30H34O/c1-3-5-6-7-22-8-10-23(11-9-22)24-12-14-25(15-13-24)26-16-17-28-21-29(30(31)4-2)19-18-27(28)20-26/h4,12-23H,2-3,5-11H2,1H3. The predicted octanol–water partition coefficient (Wildman–Crippen LogP) is 8.73. The van der Waals surface area contributed by atoms with Crippen LogP contribution in [-0.2, 0) is 0 Å². The first-order valence-electron chi connectivity index (χ1n) is 12.0. The highest BCUT2D eigenvalue weighted by molar-refractivity contribution is 6.06. The maximum atomic E-state index is 11.9. The molecule has 0 heterocycles. The average Bonchev–Trinajstić information content (AvgIpc) is 2.83. The SMILES string of the molecule is C=CC(=O)c1ccc2cc(-c3ccc(C4CCC(CCCCC)CC4)cc3)ccc2c1. The third-order valence-electron chi connectivity index (χ3n) is 7.09. The fraction of sp³-hybridized carbons (Fsp3) is 0.367. The molecule has 0 N–H and O–H groups in total. The molecule has 3 aromatic rings. The molecule has 1 heteroatoms. The molecule has 0 atom stereocenters. The van der Waals surface area contributed by atoms with Crippen molar-refractivity contribution < 1.29 is 4.79 Å². The van der Waals surface area contributed by atoms with Crippen molar-refractivity contribution in [1.29, 1.82) is 0 Å². The van der Waals surface area contributed by atoms with Crippen molar-refractivity contribution in [3.63, 3.8) is 0 Å². The van der Waals surface area contributed by atoms with Crippen LogP contribution in [0.4, 0.5) is 0 Å². The minimum Gasteiger partial charge on any atom is -0.289 e. The summed E-state index contributed by atoms with van der Waals surface area (Å²) in [6.45, 7) is 5.87. The van der Waals surface area contributed by atoms with E-state index in [0.29, 0.717) is 5.56 Å². The molecule has 0 aromatic heterocycles. The van der Waals surface area contributed by atoms with Crippen LogP contribution in [0.15, 0.2) is 73.3 Å². The van der Waals surface area contributed by atoms with Crippen LogP contribution in [0.2, 0.25) is 0 Å². The van der Waals surface area contributed by atoms with Crippen molar-refractivity contribution in [1.82, 2.24) is 0 Å². The first-order valence-corrected chi connectivity index (χ1v) is 12.0. The second-order valence-corrected chi connectivity index (χ2v) is 9.18. The van der Waals surface area contributed by atoms with E-state index in [1.165, 1.54) is 74.1 Å². The van der Waals surface area contributed by atoms with E-state index < -0.39 is 0 Å². The maximum absolute atomic E-state index is 11.9. The van der Waals surface area contributed by atoms with Gasteiger partial charge in [-0.05, 0) is 83.2 Å². The molecule has 0 unspecified atom stereocenters. The van der Waals surface area contributed by atoms with Gasteiger partial charge in [0.2, 0.25) is 0 Å². The lowest BCUT2D eigenvalue weighted by atomic mass is 9.77. The van der Waals surface area contributed by atoms with Gasteiger partial charge in [-0.25, -0.2) is 0 Å². The van der Waals surface area contributed by atoms with E-state index in [1.54, 1.807) is 0 Å². The van der Waals surface area contributed by atoms with Gasteiger partial charge in [0, 0.05) is 5.56 Å². The second-order valence-electron chi connectivity index (χ2n) is 9.18. The van der Waals surface area contributed by atoms with Gasteiger partial charge in [-0.2, -0.15) is 0 Å². The summed E-state index contributed by atoms with van der Waals surface area (Å²) in [5.41, 5.74) is 4.68. The lowest BCUT2D eigenvalue weighted by Gasteiger charge is -2.29. The summed E-state index contributed by atoms with van der Waals surface area (Å²) < 4.78 is 0. The van der Waals surface area contributed by atoms with Crippen LogP contribution in [0.3, 0.4) is 0 Å². The molecule has 1 nitrogen and oxygen atoms in total. The quantitative estimate of drug-likeness (QED) is 0.206. The molecule has 0 amide bonds. The highest BCUT2D eigenvalue weighted by atomic mass is 16.1. The zero-order chi connectivity index (χ0) is 21.6. The van der Waals surface area contributed by atoms with Gasteiger partial charge in [0.05, 0.1) is 0 Å².